The van der Waals surface area contributed by atoms with Gasteiger partial charge in [0.25, 0.3) is 5.91 Å². The highest BCUT2D eigenvalue weighted by Gasteiger charge is 2.32. The summed E-state index contributed by atoms with van der Waals surface area (Å²) < 4.78 is 33.2. The predicted molar refractivity (Wildman–Crippen MR) is 127 cm³/mol. The van der Waals surface area contributed by atoms with Gasteiger partial charge in [0, 0.05) is 24.6 Å². The molecule has 1 saturated heterocycles. The van der Waals surface area contributed by atoms with Crippen molar-refractivity contribution in [3.8, 4) is 21.7 Å². The highest BCUT2D eigenvalue weighted by Crippen LogP contribution is 2.33. The number of carbonyl (C=O) groups is 1. The number of benzene rings is 2. The molecule has 174 valence electrons. The van der Waals surface area contributed by atoms with Gasteiger partial charge in [0.15, 0.2) is 5.89 Å². The molecule has 2 aromatic heterocycles. The van der Waals surface area contributed by atoms with Gasteiger partial charge >= 0.3 is 0 Å². The molecule has 0 radical (unpaired) electrons. The number of aryl methyl sites for hydroxylation is 1. The molecule has 4 aromatic rings. The number of thiazole rings is 1. The number of amides is 1. The molecule has 1 fully saturated rings. The third kappa shape index (κ3) is 4.50. The first-order chi connectivity index (χ1) is 16.5. The molecule has 0 N–H and O–H groups in total. The second-order valence-electron chi connectivity index (χ2n) is 8.38. The number of nitrogens with zero attached hydrogens (tertiary/aromatic N) is 3. The lowest BCUT2D eigenvalue weighted by Crippen LogP contribution is -2.45. The minimum Gasteiger partial charge on any atom is -0.448 e. The zero-order valence-electron chi connectivity index (χ0n) is 18.6. The Bertz CT molecular complexity index is 1320. The van der Waals surface area contributed by atoms with E-state index >= 15 is 0 Å². The molecule has 5 nitrogen and oxygen atoms in total. The Balaban J connectivity index is 1.39. The summed E-state index contributed by atoms with van der Waals surface area (Å²) in [6, 6.07) is 12.4. The van der Waals surface area contributed by atoms with Crippen LogP contribution in [-0.4, -0.2) is 33.4 Å². The topological polar surface area (TPSA) is 59.2 Å². The average Bonchev–Trinajstić information content (AvgIpc) is 3.46. The number of rotatable bonds is 5. The predicted octanol–water partition coefficient (Wildman–Crippen LogP) is 6.29. The van der Waals surface area contributed by atoms with Gasteiger partial charge in [-0.1, -0.05) is 24.3 Å². The minimum atomic E-state index is -0.357. The Morgan fingerprint density at radius 3 is 2.71 bits per heavy atom. The van der Waals surface area contributed by atoms with Crippen molar-refractivity contribution in [1.29, 1.82) is 0 Å². The van der Waals surface area contributed by atoms with E-state index in [0.29, 0.717) is 35.8 Å². The van der Waals surface area contributed by atoms with E-state index in [1.165, 1.54) is 35.8 Å². The zero-order chi connectivity index (χ0) is 23.7. The van der Waals surface area contributed by atoms with Gasteiger partial charge in [-0.05, 0) is 56.0 Å². The Morgan fingerprint density at radius 2 is 1.91 bits per heavy atom. The molecule has 1 aliphatic heterocycles. The van der Waals surface area contributed by atoms with Gasteiger partial charge < -0.3 is 9.32 Å². The molecular formula is C26H23F2N3O2S. The second-order valence-corrected chi connectivity index (χ2v) is 9.58. The van der Waals surface area contributed by atoms with Gasteiger partial charge in [-0.2, -0.15) is 0 Å². The summed E-state index contributed by atoms with van der Waals surface area (Å²) in [5.74, 6) is -0.357. The van der Waals surface area contributed by atoms with Crippen molar-refractivity contribution in [3.63, 3.8) is 0 Å². The number of carbonyl (C=O) groups excluding carboxylic acids is 1. The summed E-state index contributed by atoms with van der Waals surface area (Å²) in [5.41, 5.74) is 1.98. The summed E-state index contributed by atoms with van der Waals surface area (Å²) in [4.78, 5) is 25.2. The number of likely N-dealkylation sites (tertiary alicyclic amines) is 1. The van der Waals surface area contributed by atoms with Crippen LogP contribution in [-0.2, 0) is 6.42 Å². The first-order valence-corrected chi connectivity index (χ1v) is 12.0. The van der Waals surface area contributed by atoms with Gasteiger partial charge in [-0.15, -0.1) is 11.3 Å². The van der Waals surface area contributed by atoms with E-state index in [0.717, 1.165) is 34.7 Å². The van der Waals surface area contributed by atoms with E-state index in [-0.39, 0.29) is 23.6 Å². The number of hydrogen-bond donors (Lipinski definition) is 0. The molecule has 1 atom stereocenters. The number of halogens is 2. The van der Waals surface area contributed by atoms with Crippen molar-refractivity contribution in [2.75, 3.05) is 6.54 Å². The van der Waals surface area contributed by atoms with Crippen LogP contribution in [0.4, 0.5) is 8.78 Å². The number of hydrogen-bond acceptors (Lipinski definition) is 5. The quantitative estimate of drug-likeness (QED) is 0.338. The molecule has 34 heavy (non-hydrogen) atoms. The van der Waals surface area contributed by atoms with Gasteiger partial charge in [-0.3, -0.25) is 4.79 Å². The lowest BCUT2D eigenvalue weighted by atomic mass is 9.98. The van der Waals surface area contributed by atoms with Gasteiger partial charge in [0.05, 0.1) is 9.88 Å². The van der Waals surface area contributed by atoms with Crippen LogP contribution in [0.25, 0.3) is 21.7 Å². The highest BCUT2D eigenvalue weighted by molar-refractivity contribution is 7.15. The maximum Gasteiger partial charge on any atom is 0.274 e. The first kappa shape index (κ1) is 22.4. The van der Waals surface area contributed by atoms with Gasteiger partial charge in [-0.25, -0.2) is 18.7 Å². The van der Waals surface area contributed by atoms with E-state index in [2.05, 4.69) is 9.97 Å². The third-order valence-corrected chi connectivity index (χ3v) is 7.06. The Morgan fingerprint density at radius 1 is 1.12 bits per heavy atom. The Hall–Kier alpha value is -3.39. The minimum absolute atomic E-state index is 0.101. The zero-order valence-corrected chi connectivity index (χ0v) is 19.4. The molecule has 0 spiro atoms. The van der Waals surface area contributed by atoms with Gasteiger partial charge in [0.1, 0.15) is 29.3 Å². The number of aromatic nitrogens is 2. The van der Waals surface area contributed by atoms with Crippen molar-refractivity contribution < 1.29 is 18.0 Å². The number of piperidine rings is 1. The summed E-state index contributed by atoms with van der Waals surface area (Å²) in [6.07, 6.45) is 4.62. The fourth-order valence-electron chi connectivity index (χ4n) is 4.38. The standard InChI is InChI=1S/C26H23F2N3O2S/c1-16-29-24(25(34-16)17-9-11-18(27)12-10-17)26(32)31-13-5-4-6-19(31)14-23-30-22(15-33-23)20-7-2-3-8-21(20)28/h2-3,7-12,15,19H,4-6,13-14H2,1H3. The second kappa shape index (κ2) is 9.46. The van der Waals surface area contributed by atoms with Crippen molar-refractivity contribution in [1.82, 2.24) is 14.9 Å². The van der Waals surface area contributed by atoms with Crippen LogP contribution in [0, 0.1) is 18.6 Å². The van der Waals surface area contributed by atoms with Crippen LogP contribution in [0.5, 0.6) is 0 Å². The molecule has 5 rings (SSSR count). The van der Waals surface area contributed by atoms with E-state index in [1.54, 1.807) is 30.3 Å². The molecule has 1 aliphatic rings. The van der Waals surface area contributed by atoms with E-state index in [4.69, 9.17) is 4.42 Å². The van der Waals surface area contributed by atoms with Crippen LogP contribution < -0.4 is 0 Å². The van der Waals surface area contributed by atoms with Crippen molar-refractivity contribution in [2.45, 2.75) is 38.6 Å². The summed E-state index contributed by atoms with van der Waals surface area (Å²) in [7, 11) is 0. The first-order valence-electron chi connectivity index (χ1n) is 11.2. The maximum absolute atomic E-state index is 14.1. The van der Waals surface area contributed by atoms with Gasteiger partial charge in [0.2, 0.25) is 0 Å². The molecule has 0 aliphatic carbocycles. The fourth-order valence-corrected chi connectivity index (χ4v) is 5.30. The molecule has 3 heterocycles. The average molecular weight is 480 g/mol. The van der Waals surface area contributed by atoms with Crippen LogP contribution in [0.3, 0.4) is 0 Å². The van der Waals surface area contributed by atoms with Crippen LogP contribution in [0.1, 0.15) is 40.6 Å². The van der Waals surface area contributed by atoms with Crippen molar-refractivity contribution >= 4 is 17.2 Å². The lowest BCUT2D eigenvalue weighted by Gasteiger charge is -2.35. The smallest absolute Gasteiger partial charge is 0.274 e. The van der Waals surface area contributed by atoms with Crippen LogP contribution in [0.15, 0.2) is 59.2 Å². The Kier molecular flexibility index (Phi) is 6.24. The summed E-state index contributed by atoms with van der Waals surface area (Å²) in [5, 5.41) is 0.776. The molecule has 1 unspecified atom stereocenters. The van der Waals surface area contributed by atoms with E-state index in [9.17, 15) is 13.6 Å². The largest absolute Gasteiger partial charge is 0.448 e. The molecule has 2 aromatic carbocycles. The Labute approximate surface area is 200 Å². The SMILES string of the molecule is Cc1nc(C(=O)N2CCCCC2Cc2nc(-c3ccccc3F)co2)c(-c2ccc(F)cc2)s1. The van der Waals surface area contributed by atoms with Crippen molar-refractivity contribution in [3.05, 3.63) is 83.0 Å². The van der Waals surface area contributed by atoms with Crippen LogP contribution in [0.2, 0.25) is 0 Å². The van der Waals surface area contributed by atoms with Crippen LogP contribution >= 0.6 is 11.3 Å². The maximum atomic E-state index is 14.1. The molecule has 0 bridgehead atoms. The molecule has 0 saturated carbocycles. The summed E-state index contributed by atoms with van der Waals surface area (Å²) in [6.45, 7) is 2.48. The van der Waals surface area contributed by atoms with Crippen molar-refractivity contribution in [2.24, 2.45) is 0 Å². The van der Waals surface area contributed by atoms with E-state index < -0.39 is 0 Å². The molecule has 8 heteroatoms. The third-order valence-electron chi connectivity index (χ3n) is 6.04. The van der Waals surface area contributed by atoms with E-state index in [1.807, 2.05) is 11.8 Å². The molecular weight excluding hydrogens is 456 g/mol. The molecule has 1 amide bonds. The monoisotopic (exact) mass is 479 g/mol. The number of oxazole rings is 1. The lowest BCUT2D eigenvalue weighted by molar-refractivity contribution is 0.0601. The normalized spacial score (nSPS) is 16.1. The highest BCUT2D eigenvalue weighted by atomic mass is 32.1. The summed E-state index contributed by atoms with van der Waals surface area (Å²) >= 11 is 1.43. The fraction of sp³-hybridized carbons (Fsp3) is 0.269.